The second kappa shape index (κ2) is 5.34. The summed E-state index contributed by atoms with van der Waals surface area (Å²) in [5.41, 5.74) is 1.25. The lowest BCUT2D eigenvalue weighted by Gasteiger charge is -2.23. The largest absolute Gasteiger partial charge is 0.493 e. The van der Waals surface area contributed by atoms with Gasteiger partial charge in [-0.3, -0.25) is 4.68 Å². The zero-order valence-electron chi connectivity index (χ0n) is 10.2. The molecule has 1 unspecified atom stereocenters. The number of hydrogen-bond acceptors (Lipinski definition) is 3. The Morgan fingerprint density at radius 2 is 2.50 bits per heavy atom. The van der Waals surface area contributed by atoms with Gasteiger partial charge in [-0.25, -0.2) is 0 Å². The first kappa shape index (κ1) is 11.5. The second-order valence-electron chi connectivity index (χ2n) is 4.39. The summed E-state index contributed by atoms with van der Waals surface area (Å²) in [4.78, 5) is 0. The summed E-state index contributed by atoms with van der Waals surface area (Å²) < 4.78 is 7.41. The van der Waals surface area contributed by atoms with Crippen molar-refractivity contribution in [1.29, 1.82) is 0 Å². The maximum Gasteiger partial charge on any atom is 0.159 e. The number of rotatable bonds is 4. The minimum Gasteiger partial charge on any atom is -0.493 e. The first-order chi connectivity index (χ1) is 7.85. The van der Waals surface area contributed by atoms with E-state index in [1.165, 1.54) is 25.1 Å². The second-order valence-corrected chi connectivity index (χ2v) is 4.39. The van der Waals surface area contributed by atoms with Crippen LogP contribution in [0.4, 0.5) is 0 Å². The molecule has 1 fully saturated rings. The molecule has 1 atom stereocenters. The average molecular weight is 223 g/mol. The highest BCUT2D eigenvalue weighted by molar-refractivity contribution is 5.25. The molecular weight excluding hydrogens is 202 g/mol. The van der Waals surface area contributed by atoms with E-state index in [1.807, 2.05) is 10.9 Å². The highest BCUT2D eigenvalue weighted by Crippen LogP contribution is 2.23. The van der Waals surface area contributed by atoms with E-state index >= 15 is 0 Å². The summed E-state index contributed by atoms with van der Waals surface area (Å²) in [6.45, 7) is 5.33. The molecule has 1 aliphatic rings. The fraction of sp³-hybridized carbons (Fsp3) is 0.750. The van der Waals surface area contributed by atoms with Crippen molar-refractivity contribution in [2.24, 2.45) is 5.92 Å². The minimum atomic E-state index is 0.727. The van der Waals surface area contributed by atoms with Crippen molar-refractivity contribution in [3.05, 3.63) is 11.9 Å². The van der Waals surface area contributed by atoms with Crippen LogP contribution >= 0.6 is 0 Å². The number of aryl methyl sites for hydroxylation is 1. The zero-order valence-corrected chi connectivity index (χ0v) is 10.2. The molecule has 0 radical (unpaired) electrons. The molecule has 1 saturated heterocycles. The van der Waals surface area contributed by atoms with Gasteiger partial charge in [0.1, 0.15) is 0 Å². The maximum atomic E-state index is 5.37. The molecule has 1 aliphatic heterocycles. The monoisotopic (exact) mass is 223 g/mol. The summed E-state index contributed by atoms with van der Waals surface area (Å²) in [5, 5.41) is 7.79. The normalized spacial score (nSPS) is 21.0. The van der Waals surface area contributed by atoms with Gasteiger partial charge >= 0.3 is 0 Å². The Balaban J connectivity index is 2.08. The summed E-state index contributed by atoms with van der Waals surface area (Å²) >= 11 is 0. The van der Waals surface area contributed by atoms with Crippen LogP contribution < -0.4 is 10.1 Å². The standard InChI is InChI=1S/C12H21N3O/c1-3-15-11(12(16-2)9-14-15)7-10-5-4-6-13-8-10/h9-10,13H,3-8H2,1-2H3. The van der Waals surface area contributed by atoms with Gasteiger partial charge in [-0.05, 0) is 45.2 Å². The molecule has 0 amide bonds. The van der Waals surface area contributed by atoms with E-state index in [2.05, 4.69) is 17.3 Å². The third kappa shape index (κ3) is 2.38. The van der Waals surface area contributed by atoms with E-state index in [-0.39, 0.29) is 0 Å². The Bertz CT molecular complexity index is 308. The van der Waals surface area contributed by atoms with Crippen LogP contribution in [0.15, 0.2) is 6.20 Å². The highest BCUT2D eigenvalue weighted by atomic mass is 16.5. The van der Waals surface area contributed by atoms with E-state index in [9.17, 15) is 0 Å². The fourth-order valence-electron chi connectivity index (χ4n) is 2.41. The molecule has 1 aromatic heterocycles. The van der Waals surface area contributed by atoms with Gasteiger partial charge in [-0.15, -0.1) is 0 Å². The SMILES string of the molecule is CCn1ncc(OC)c1CC1CCCNC1. The first-order valence-corrected chi connectivity index (χ1v) is 6.14. The fourth-order valence-corrected chi connectivity index (χ4v) is 2.41. The summed E-state index contributed by atoms with van der Waals surface area (Å²) in [6.07, 6.45) is 5.50. The van der Waals surface area contributed by atoms with Crippen molar-refractivity contribution in [1.82, 2.24) is 15.1 Å². The average Bonchev–Trinajstić information content (AvgIpc) is 2.72. The molecule has 2 rings (SSSR count). The van der Waals surface area contributed by atoms with Gasteiger partial charge in [0, 0.05) is 6.54 Å². The molecule has 4 heteroatoms. The minimum absolute atomic E-state index is 0.727. The van der Waals surface area contributed by atoms with Crippen molar-refractivity contribution in [2.75, 3.05) is 20.2 Å². The Morgan fingerprint density at radius 3 is 3.12 bits per heavy atom. The van der Waals surface area contributed by atoms with Crippen molar-refractivity contribution in [3.63, 3.8) is 0 Å². The van der Waals surface area contributed by atoms with Gasteiger partial charge in [0.15, 0.2) is 5.75 Å². The zero-order chi connectivity index (χ0) is 11.4. The van der Waals surface area contributed by atoms with Crippen molar-refractivity contribution >= 4 is 0 Å². The summed E-state index contributed by atoms with van der Waals surface area (Å²) in [6, 6.07) is 0. The molecular formula is C12H21N3O. The third-order valence-corrected chi connectivity index (χ3v) is 3.31. The topological polar surface area (TPSA) is 39.1 Å². The predicted molar refractivity (Wildman–Crippen MR) is 63.8 cm³/mol. The lowest BCUT2D eigenvalue weighted by atomic mass is 9.94. The van der Waals surface area contributed by atoms with Crippen LogP contribution in [0.3, 0.4) is 0 Å². The quantitative estimate of drug-likeness (QED) is 0.840. The van der Waals surface area contributed by atoms with Crippen LogP contribution in [0, 0.1) is 5.92 Å². The van der Waals surface area contributed by atoms with E-state index in [1.54, 1.807) is 7.11 Å². The van der Waals surface area contributed by atoms with E-state index < -0.39 is 0 Å². The number of methoxy groups -OCH3 is 1. The lowest BCUT2D eigenvalue weighted by Crippen LogP contribution is -2.31. The van der Waals surface area contributed by atoms with Gasteiger partial charge in [-0.2, -0.15) is 5.10 Å². The van der Waals surface area contributed by atoms with Gasteiger partial charge in [0.05, 0.1) is 19.0 Å². The van der Waals surface area contributed by atoms with Crippen molar-refractivity contribution in [3.8, 4) is 5.75 Å². The summed E-state index contributed by atoms with van der Waals surface area (Å²) in [5.74, 6) is 1.66. The van der Waals surface area contributed by atoms with Crippen LogP contribution in [0.2, 0.25) is 0 Å². The number of nitrogens with one attached hydrogen (secondary N) is 1. The van der Waals surface area contributed by atoms with E-state index in [0.29, 0.717) is 0 Å². The Hall–Kier alpha value is -1.03. The lowest BCUT2D eigenvalue weighted by molar-refractivity contribution is 0.355. The predicted octanol–water partition coefficient (Wildman–Crippen LogP) is 1.45. The number of ether oxygens (including phenoxy) is 1. The number of nitrogens with zero attached hydrogens (tertiary/aromatic N) is 2. The third-order valence-electron chi connectivity index (χ3n) is 3.31. The Morgan fingerprint density at radius 1 is 1.62 bits per heavy atom. The van der Waals surface area contributed by atoms with Crippen molar-refractivity contribution in [2.45, 2.75) is 32.7 Å². The van der Waals surface area contributed by atoms with Crippen LogP contribution in [-0.2, 0) is 13.0 Å². The van der Waals surface area contributed by atoms with E-state index in [0.717, 1.165) is 31.2 Å². The molecule has 90 valence electrons. The van der Waals surface area contributed by atoms with Gasteiger partial charge in [-0.1, -0.05) is 0 Å². The summed E-state index contributed by atoms with van der Waals surface area (Å²) in [7, 11) is 1.72. The van der Waals surface area contributed by atoms with Gasteiger partial charge in [0.2, 0.25) is 0 Å². The molecule has 16 heavy (non-hydrogen) atoms. The number of aromatic nitrogens is 2. The molecule has 0 spiro atoms. The molecule has 2 heterocycles. The molecule has 0 aromatic carbocycles. The Kier molecular flexibility index (Phi) is 3.83. The molecule has 4 nitrogen and oxygen atoms in total. The smallest absolute Gasteiger partial charge is 0.159 e. The molecule has 0 saturated carbocycles. The molecule has 0 bridgehead atoms. The Labute approximate surface area is 97.0 Å². The van der Waals surface area contributed by atoms with Gasteiger partial charge in [0.25, 0.3) is 0 Å². The highest BCUT2D eigenvalue weighted by Gasteiger charge is 2.18. The van der Waals surface area contributed by atoms with Gasteiger partial charge < -0.3 is 10.1 Å². The van der Waals surface area contributed by atoms with Crippen LogP contribution in [0.1, 0.15) is 25.5 Å². The number of piperidine rings is 1. The molecule has 0 aliphatic carbocycles. The van der Waals surface area contributed by atoms with Crippen LogP contribution in [0.25, 0.3) is 0 Å². The first-order valence-electron chi connectivity index (χ1n) is 6.14. The maximum absolute atomic E-state index is 5.37. The van der Waals surface area contributed by atoms with E-state index in [4.69, 9.17) is 4.74 Å². The van der Waals surface area contributed by atoms with Crippen LogP contribution in [-0.4, -0.2) is 30.0 Å². The molecule has 1 aromatic rings. The number of hydrogen-bond donors (Lipinski definition) is 1. The molecule has 1 N–H and O–H groups in total. The van der Waals surface area contributed by atoms with Crippen LogP contribution in [0.5, 0.6) is 5.75 Å². The van der Waals surface area contributed by atoms with Crippen molar-refractivity contribution < 1.29 is 4.74 Å².